The fraction of sp³-hybridized carbons (Fsp3) is 0.364. The molecular weight excluding hydrogens is 233 g/mol. The number of hydrogen-bond donors (Lipinski definition) is 0. The van der Waals surface area contributed by atoms with Crippen molar-refractivity contribution in [2.45, 2.75) is 13.5 Å². The fourth-order valence-corrected chi connectivity index (χ4v) is 1.73. The van der Waals surface area contributed by atoms with Gasteiger partial charge in [0.05, 0.1) is 0 Å². The molecule has 0 N–H and O–H groups in total. The molecule has 0 aliphatic rings. The standard InChI is InChI=1S/C11H13Cl2NO/c1-8-3-4-9(10(13)5-8)7-14(2)11(15)6-12/h3-5H,6-7H2,1-2H3. The van der Waals surface area contributed by atoms with Crippen LogP contribution in [-0.4, -0.2) is 23.7 Å². The Balaban J connectivity index is 2.76. The molecule has 1 aromatic rings. The summed E-state index contributed by atoms with van der Waals surface area (Å²) in [7, 11) is 1.71. The van der Waals surface area contributed by atoms with Gasteiger partial charge in [0.1, 0.15) is 5.88 Å². The summed E-state index contributed by atoms with van der Waals surface area (Å²) in [5, 5.41) is 0.684. The summed E-state index contributed by atoms with van der Waals surface area (Å²) in [6.45, 7) is 2.47. The van der Waals surface area contributed by atoms with Crippen LogP contribution in [0.5, 0.6) is 0 Å². The van der Waals surface area contributed by atoms with Gasteiger partial charge in [-0.05, 0) is 24.1 Å². The zero-order valence-corrected chi connectivity index (χ0v) is 10.3. The average molecular weight is 246 g/mol. The third-order valence-corrected chi connectivity index (χ3v) is 2.74. The summed E-state index contributed by atoms with van der Waals surface area (Å²) >= 11 is 11.5. The van der Waals surface area contributed by atoms with Crippen molar-refractivity contribution >= 4 is 29.1 Å². The van der Waals surface area contributed by atoms with Gasteiger partial charge in [-0.3, -0.25) is 4.79 Å². The predicted octanol–water partition coefficient (Wildman–Crippen LogP) is 2.85. The van der Waals surface area contributed by atoms with E-state index >= 15 is 0 Å². The number of carbonyl (C=O) groups is 1. The van der Waals surface area contributed by atoms with Gasteiger partial charge in [0, 0.05) is 18.6 Å². The third kappa shape index (κ3) is 3.40. The van der Waals surface area contributed by atoms with Crippen LogP contribution in [0.4, 0.5) is 0 Å². The van der Waals surface area contributed by atoms with Crippen molar-refractivity contribution in [3.8, 4) is 0 Å². The Labute approximate surface area is 99.8 Å². The lowest BCUT2D eigenvalue weighted by Crippen LogP contribution is -2.27. The Kier molecular flexibility index (Phi) is 4.43. The molecule has 0 aliphatic heterocycles. The predicted molar refractivity (Wildman–Crippen MR) is 63.4 cm³/mol. The number of rotatable bonds is 3. The van der Waals surface area contributed by atoms with Gasteiger partial charge in [0.15, 0.2) is 0 Å². The molecule has 0 saturated carbocycles. The maximum Gasteiger partial charge on any atom is 0.237 e. The van der Waals surface area contributed by atoms with E-state index in [1.54, 1.807) is 11.9 Å². The van der Waals surface area contributed by atoms with Crippen molar-refractivity contribution in [3.63, 3.8) is 0 Å². The number of carbonyl (C=O) groups excluding carboxylic acids is 1. The van der Waals surface area contributed by atoms with Gasteiger partial charge < -0.3 is 4.90 Å². The largest absolute Gasteiger partial charge is 0.340 e. The van der Waals surface area contributed by atoms with E-state index < -0.39 is 0 Å². The monoisotopic (exact) mass is 245 g/mol. The number of nitrogens with zero attached hydrogens (tertiary/aromatic N) is 1. The van der Waals surface area contributed by atoms with Crippen molar-refractivity contribution < 1.29 is 4.79 Å². The molecular formula is C11H13Cl2NO. The number of aryl methyl sites for hydroxylation is 1. The van der Waals surface area contributed by atoms with Crippen LogP contribution in [0.2, 0.25) is 5.02 Å². The molecule has 0 unspecified atom stereocenters. The quantitative estimate of drug-likeness (QED) is 0.751. The van der Waals surface area contributed by atoms with Crippen LogP contribution in [0.15, 0.2) is 18.2 Å². The highest BCUT2D eigenvalue weighted by molar-refractivity contribution is 6.31. The van der Waals surface area contributed by atoms with Gasteiger partial charge in [-0.1, -0.05) is 23.7 Å². The zero-order chi connectivity index (χ0) is 11.4. The number of amides is 1. The number of hydrogen-bond acceptors (Lipinski definition) is 1. The van der Waals surface area contributed by atoms with E-state index in [1.807, 2.05) is 25.1 Å². The van der Waals surface area contributed by atoms with E-state index in [-0.39, 0.29) is 11.8 Å². The lowest BCUT2D eigenvalue weighted by Gasteiger charge is -2.16. The first kappa shape index (κ1) is 12.3. The Hall–Kier alpha value is -0.730. The first-order valence-electron chi connectivity index (χ1n) is 4.59. The van der Waals surface area contributed by atoms with Crippen LogP contribution >= 0.6 is 23.2 Å². The minimum absolute atomic E-state index is 0.0000194. The van der Waals surface area contributed by atoms with Crippen LogP contribution in [0.1, 0.15) is 11.1 Å². The van der Waals surface area contributed by atoms with Crippen molar-refractivity contribution in [2.75, 3.05) is 12.9 Å². The van der Waals surface area contributed by atoms with Gasteiger partial charge in [0.25, 0.3) is 0 Å². The topological polar surface area (TPSA) is 20.3 Å². The SMILES string of the molecule is Cc1ccc(CN(C)C(=O)CCl)c(Cl)c1. The normalized spacial score (nSPS) is 10.1. The first-order chi connectivity index (χ1) is 7.04. The summed E-state index contributed by atoms with van der Waals surface area (Å²) < 4.78 is 0. The third-order valence-electron chi connectivity index (χ3n) is 2.16. The maximum absolute atomic E-state index is 11.2. The molecule has 0 fully saturated rings. The van der Waals surface area contributed by atoms with Crippen molar-refractivity contribution in [1.29, 1.82) is 0 Å². The molecule has 0 spiro atoms. The minimum atomic E-state index is -0.103. The molecule has 0 bridgehead atoms. The highest BCUT2D eigenvalue weighted by Gasteiger charge is 2.09. The zero-order valence-electron chi connectivity index (χ0n) is 8.76. The molecule has 0 atom stereocenters. The van der Waals surface area contributed by atoms with Gasteiger partial charge in [-0.25, -0.2) is 0 Å². The van der Waals surface area contributed by atoms with Crippen molar-refractivity contribution in [3.05, 3.63) is 34.3 Å². The highest BCUT2D eigenvalue weighted by atomic mass is 35.5. The second kappa shape index (κ2) is 5.38. The van der Waals surface area contributed by atoms with Crippen molar-refractivity contribution in [2.24, 2.45) is 0 Å². The summed E-state index contributed by atoms with van der Waals surface area (Å²) in [6, 6.07) is 5.78. The lowest BCUT2D eigenvalue weighted by molar-refractivity contribution is -0.127. The summed E-state index contributed by atoms with van der Waals surface area (Å²) in [6.07, 6.45) is 0. The van der Waals surface area contributed by atoms with Crippen LogP contribution < -0.4 is 0 Å². The molecule has 0 heterocycles. The molecule has 82 valence electrons. The molecule has 0 aromatic heterocycles. The number of alkyl halides is 1. The van der Waals surface area contributed by atoms with Gasteiger partial charge in [-0.2, -0.15) is 0 Å². The Bertz CT molecular complexity index is 366. The van der Waals surface area contributed by atoms with Crippen molar-refractivity contribution in [1.82, 2.24) is 4.90 Å². The van der Waals surface area contributed by atoms with Crippen LogP contribution in [-0.2, 0) is 11.3 Å². The molecule has 4 heteroatoms. The Morgan fingerprint density at radius 3 is 2.67 bits per heavy atom. The van der Waals surface area contributed by atoms with Crippen LogP contribution in [0.3, 0.4) is 0 Å². The smallest absolute Gasteiger partial charge is 0.237 e. The molecule has 1 amide bonds. The highest BCUT2D eigenvalue weighted by Crippen LogP contribution is 2.18. The van der Waals surface area contributed by atoms with E-state index in [2.05, 4.69) is 0 Å². The molecule has 0 aliphatic carbocycles. The summed E-state index contributed by atoms with van der Waals surface area (Å²) in [5.41, 5.74) is 2.04. The summed E-state index contributed by atoms with van der Waals surface area (Å²) in [4.78, 5) is 12.8. The molecule has 2 nitrogen and oxygen atoms in total. The van der Waals surface area contributed by atoms with Gasteiger partial charge in [-0.15, -0.1) is 11.6 Å². The average Bonchev–Trinajstić information content (AvgIpc) is 2.20. The Morgan fingerprint density at radius 2 is 2.13 bits per heavy atom. The lowest BCUT2D eigenvalue weighted by atomic mass is 10.1. The second-order valence-corrected chi connectivity index (χ2v) is 4.15. The van der Waals surface area contributed by atoms with Crippen LogP contribution in [0, 0.1) is 6.92 Å². The van der Waals surface area contributed by atoms with Gasteiger partial charge >= 0.3 is 0 Å². The number of benzene rings is 1. The molecule has 15 heavy (non-hydrogen) atoms. The van der Waals surface area contributed by atoms with Crippen LogP contribution in [0.25, 0.3) is 0 Å². The second-order valence-electron chi connectivity index (χ2n) is 3.48. The summed E-state index contributed by atoms with van der Waals surface area (Å²) in [5.74, 6) is -0.103. The molecule has 0 saturated heterocycles. The molecule has 0 radical (unpaired) electrons. The molecule has 1 rings (SSSR count). The minimum Gasteiger partial charge on any atom is -0.340 e. The Morgan fingerprint density at radius 1 is 1.47 bits per heavy atom. The first-order valence-corrected chi connectivity index (χ1v) is 5.51. The number of halogens is 2. The van der Waals surface area contributed by atoms with E-state index in [4.69, 9.17) is 23.2 Å². The molecule has 1 aromatic carbocycles. The van der Waals surface area contributed by atoms with E-state index in [9.17, 15) is 4.79 Å². The fourth-order valence-electron chi connectivity index (χ4n) is 1.23. The van der Waals surface area contributed by atoms with Gasteiger partial charge in [0.2, 0.25) is 5.91 Å². The maximum atomic E-state index is 11.2. The van der Waals surface area contributed by atoms with E-state index in [1.165, 1.54) is 0 Å². The van der Waals surface area contributed by atoms with E-state index in [0.717, 1.165) is 11.1 Å². The van der Waals surface area contributed by atoms with E-state index in [0.29, 0.717) is 11.6 Å².